The van der Waals surface area contributed by atoms with Gasteiger partial charge in [0, 0.05) is 36.2 Å². The summed E-state index contributed by atoms with van der Waals surface area (Å²) in [6.07, 6.45) is 0.356. The minimum atomic E-state index is -3.69. The highest BCUT2D eigenvalue weighted by Crippen LogP contribution is 2.36. The number of aromatic nitrogens is 3. The molecule has 336 valence electrons. The highest BCUT2D eigenvalue weighted by Gasteiger charge is 2.35. The van der Waals surface area contributed by atoms with Gasteiger partial charge in [-0.2, -0.15) is 4.98 Å². The lowest BCUT2D eigenvalue weighted by molar-refractivity contribution is -0.172. The fourth-order valence-corrected chi connectivity index (χ4v) is 6.88. The summed E-state index contributed by atoms with van der Waals surface area (Å²) in [5.41, 5.74) is 2.19. The van der Waals surface area contributed by atoms with Crippen molar-refractivity contribution >= 4 is 56.9 Å². The first-order valence-electron chi connectivity index (χ1n) is 20.3. The molecule has 0 aliphatic rings. The van der Waals surface area contributed by atoms with Gasteiger partial charge in [-0.25, -0.2) is 36.6 Å². The molecule has 0 spiro atoms. The SMILES string of the molecule is CCCC(OC(=O)C(NC(=O)OC(C)(C)C)C(C)CC)OC(=O)N(c1nc2ccc(-c3ccc(NC(=O)C(C)c4ccc(F)cc4)cc3)cn2n1)c1ccc(S(C)(=O)=O)cc1OC. The number of hydrogen-bond donors (Lipinski definition) is 2. The van der Waals surface area contributed by atoms with Gasteiger partial charge in [-0.1, -0.05) is 51.5 Å². The van der Waals surface area contributed by atoms with E-state index >= 15 is 0 Å². The molecule has 0 saturated heterocycles. The monoisotopic (exact) mass is 888 g/mol. The largest absolute Gasteiger partial charge is 0.495 e. The first-order chi connectivity index (χ1) is 29.7. The maximum atomic E-state index is 14.4. The molecule has 0 aliphatic heterocycles. The summed E-state index contributed by atoms with van der Waals surface area (Å²) in [4.78, 5) is 59.2. The van der Waals surface area contributed by atoms with Crippen LogP contribution in [-0.4, -0.2) is 78.4 Å². The number of hydrogen-bond acceptors (Lipinski definition) is 12. The van der Waals surface area contributed by atoms with E-state index in [4.69, 9.17) is 18.9 Å². The van der Waals surface area contributed by atoms with E-state index in [9.17, 15) is 32.0 Å². The van der Waals surface area contributed by atoms with Gasteiger partial charge in [0.25, 0.3) is 5.95 Å². The Morgan fingerprint density at radius 3 is 2.17 bits per heavy atom. The van der Waals surface area contributed by atoms with Crippen LogP contribution in [0.4, 0.5) is 31.3 Å². The zero-order valence-electron chi connectivity index (χ0n) is 36.7. The van der Waals surface area contributed by atoms with E-state index < -0.39 is 51.8 Å². The van der Waals surface area contributed by atoms with Crippen LogP contribution in [-0.2, 0) is 33.6 Å². The summed E-state index contributed by atoms with van der Waals surface area (Å²) in [6.45, 7) is 12.2. The molecule has 3 amide bonds. The molecule has 0 radical (unpaired) electrons. The average Bonchev–Trinajstić information content (AvgIpc) is 3.64. The van der Waals surface area contributed by atoms with Crippen LogP contribution in [0.1, 0.15) is 79.2 Å². The molecule has 0 bridgehead atoms. The number of ether oxygens (including phenoxy) is 4. The van der Waals surface area contributed by atoms with Crippen LogP contribution in [0.15, 0.2) is 90.0 Å². The van der Waals surface area contributed by atoms with Gasteiger partial charge in [0.05, 0.1) is 23.6 Å². The van der Waals surface area contributed by atoms with Crippen molar-refractivity contribution < 1.29 is 50.9 Å². The molecule has 5 rings (SSSR count). The Balaban J connectivity index is 1.45. The Labute approximate surface area is 366 Å². The molecule has 4 unspecified atom stereocenters. The molecule has 2 N–H and O–H groups in total. The normalized spacial score (nSPS) is 13.6. The van der Waals surface area contributed by atoms with E-state index in [1.54, 1.807) is 96.3 Å². The number of amides is 3. The molecular weight excluding hydrogens is 836 g/mol. The van der Waals surface area contributed by atoms with Gasteiger partial charge in [-0.15, -0.1) is 5.10 Å². The molecule has 4 atom stereocenters. The van der Waals surface area contributed by atoms with Crippen molar-refractivity contribution in [2.75, 3.05) is 23.6 Å². The van der Waals surface area contributed by atoms with E-state index in [0.29, 0.717) is 35.3 Å². The third-order valence-electron chi connectivity index (χ3n) is 9.92. The van der Waals surface area contributed by atoms with Crippen molar-refractivity contribution in [3.63, 3.8) is 0 Å². The van der Waals surface area contributed by atoms with Gasteiger partial charge in [-0.3, -0.25) is 4.79 Å². The second-order valence-corrected chi connectivity index (χ2v) is 18.0. The summed E-state index contributed by atoms with van der Waals surface area (Å²) < 4.78 is 62.3. The smallest absolute Gasteiger partial charge is 0.424 e. The second kappa shape index (κ2) is 20.1. The van der Waals surface area contributed by atoms with Crippen molar-refractivity contribution in [1.29, 1.82) is 0 Å². The molecule has 16 nitrogen and oxygen atoms in total. The van der Waals surface area contributed by atoms with Gasteiger partial charge in [0.1, 0.15) is 23.2 Å². The molecule has 18 heteroatoms. The van der Waals surface area contributed by atoms with E-state index in [1.807, 2.05) is 6.92 Å². The standard InChI is InChI=1S/C45H53FN6O10S/c1-10-12-38(60-41(54)39(27(3)11-2)49-43(55)62-45(5,6)7)61-44(56)52(35-23-22-34(63(9,57)58)25-36(35)59-8)42-48-37-24-17-31(26-51(37)50-42)30-15-20-33(21-16-30)47-40(53)28(4)29-13-18-32(46)19-14-29/h13-28,38-39H,10-12H2,1-9H3,(H,47,53)(H,49,55). The Bertz CT molecular complexity index is 2540. The number of anilines is 3. The number of methoxy groups -OCH3 is 1. The first kappa shape index (κ1) is 47.5. The van der Waals surface area contributed by atoms with E-state index in [-0.39, 0.29) is 46.3 Å². The molecule has 63 heavy (non-hydrogen) atoms. The Hall–Kier alpha value is -6.56. The lowest BCUT2D eigenvalue weighted by Gasteiger charge is -2.28. The van der Waals surface area contributed by atoms with Crippen LogP contribution in [0.3, 0.4) is 0 Å². The van der Waals surface area contributed by atoms with Crippen LogP contribution in [0.5, 0.6) is 5.75 Å². The minimum Gasteiger partial charge on any atom is -0.495 e. The lowest BCUT2D eigenvalue weighted by atomic mass is 9.99. The number of fused-ring (bicyclic) bond motifs is 1. The quantitative estimate of drug-likeness (QED) is 0.0708. The summed E-state index contributed by atoms with van der Waals surface area (Å²) in [6, 6.07) is 19.1. The third kappa shape index (κ3) is 12.3. The highest BCUT2D eigenvalue weighted by atomic mass is 32.2. The lowest BCUT2D eigenvalue weighted by Crippen LogP contribution is -2.49. The number of benzene rings is 3. The van der Waals surface area contributed by atoms with Gasteiger partial charge >= 0.3 is 18.2 Å². The van der Waals surface area contributed by atoms with Crippen LogP contribution in [0, 0.1) is 11.7 Å². The van der Waals surface area contributed by atoms with Gasteiger partial charge < -0.3 is 29.6 Å². The first-order valence-corrected chi connectivity index (χ1v) is 22.2. The molecule has 5 aromatic rings. The Kier molecular flexibility index (Phi) is 15.1. The number of nitrogens with zero attached hydrogens (tertiary/aromatic N) is 4. The van der Waals surface area contributed by atoms with Crippen molar-refractivity contribution in [1.82, 2.24) is 19.9 Å². The summed E-state index contributed by atoms with van der Waals surface area (Å²) in [5, 5.41) is 10.1. The second-order valence-electron chi connectivity index (χ2n) is 16.0. The summed E-state index contributed by atoms with van der Waals surface area (Å²) >= 11 is 0. The van der Waals surface area contributed by atoms with E-state index in [0.717, 1.165) is 16.7 Å². The molecule has 2 heterocycles. The number of pyridine rings is 1. The predicted octanol–water partition coefficient (Wildman–Crippen LogP) is 8.57. The minimum absolute atomic E-state index is 0.0167. The fraction of sp³-hybridized carbons (Fsp3) is 0.378. The molecule has 0 aliphatic carbocycles. The number of esters is 1. The van der Waals surface area contributed by atoms with Crippen LogP contribution in [0.25, 0.3) is 16.8 Å². The van der Waals surface area contributed by atoms with Gasteiger partial charge in [0.2, 0.25) is 12.2 Å². The van der Waals surface area contributed by atoms with Crippen molar-refractivity contribution in [3.05, 3.63) is 96.4 Å². The number of rotatable bonds is 16. The topological polar surface area (TPSA) is 197 Å². The molecule has 0 saturated carbocycles. The molecule has 0 fully saturated rings. The third-order valence-corrected chi connectivity index (χ3v) is 11.0. The zero-order valence-corrected chi connectivity index (χ0v) is 37.5. The van der Waals surface area contributed by atoms with E-state index in [2.05, 4.69) is 20.7 Å². The molecular formula is C45H53FN6O10S. The van der Waals surface area contributed by atoms with Crippen molar-refractivity contribution in [2.45, 2.75) is 96.5 Å². The van der Waals surface area contributed by atoms with Crippen LogP contribution in [0.2, 0.25) is 0 Å². The summed E-state index contributed by atoms with van der Waals surface area (Å²) in [7, 11) is -2.39. The number of carbonyl (C=O) groups is 4. The predicted molar refractivity (Wildman–Crippen MR) is 234 cm³/mol. The average molecular weight is 889 g/mol. The fourth-order valence-electron chi connectivity index (χ4n) is 6.25. The molecule has 3 aromatic carbocycles. The number of halogens is 1. The van der Waals surface area contributed by atoms with E-state index in [1.165, 1.54) is 42.0 Å². The Morgan fingerprint density at radius 2 is 1.57 bits per heavy atom. The maximum Gasteiger partial charge on any atom is 0.424 e. The molecule has 2 aromatic heterocycles. The van der Waals surface area contributed by atoms with Crippen molar-refractivity contribution in [3.8, 4) is 16.9 Å². The van der Waals surface area contributed by atoms with Crippen LogP contribution >= 0.6 is 0 Å². The maximum absolute atomic E-state index is 14.4. The van der Waals surface area contributed by atoms with Gasteiger partial charge in [-0.05, 0) is 99.7 Å². The van der Waals surface area contributed by atoms with Gasteiger partial charge in [0.15, 0.2) is 15.5 Å². The van der Waals surface area contributed by atoms with Crippen LogP contribution < -0.4 is 20.3 Å². The number of alkyl carbamates (subject to hydrolysis) is 1. The number of nitrogens with one attached hydrogen (secondary N) is 2. The summed E-state index contributed by atoms with van der Waals surface area (Å²) in [5.74, 6) is -2.63. The van der Waals surface area contributed by atoms with Crippen molar-refractivity contribution in [2.24, 2.45) is 5.92 Å². The Morgan fingerprint density at radius 1 is 0.905 bits per heavy atom. The number of carbonyl (C=O) groups excluding carboxylic acids is 4. The zero-order chi connectivity index (χ0) is 46.2. The number of sulfone groups is 1. The highest BCUT2D eigenvalue weighted by molar-refractivity contribution is 7.90.